The molecule has 3 atom stereocenters. The Labute approximate surface area is 84.6 Å². The molecule has 0 aromatic carbocycles. The first-order chi connectivity index (χ1) is 6.73. The first-order valence-electron chi connectivity index (χ1n) is 6.07. The second-order valence-corrected chi connectivity index (χ2v) is 6.14. The molecule has 0 aromatic heterocycles. The van der Waals surface area contributed by atoms with Gasteiger partial charge in [0.05, 0.1) is 18.3 Å². The summed E-state index contributed by atoms with van der Waals surface area (Å²) in [5, 5.41) is 10.4. The van der Waals surface area contributed by atoms with E-state index in [4.69, 9.17) is 4.74 Å². The number of rotatable bonds is 1. The van der Waals surface area contributed by atoms with Crippen molar-refractivity contribution in [3.05, 3.63) is 0 Å². The summed E-state index contributed by atoms with van der Waals surface area (Å²) < 4.78 is 5.49. The maximum Gasteiger partial charge on any atom is 0.0843 e. The van der Waals surface area contributed by atoms with Crippen LogP contribution in [0.25, 0.3) is 0 Å². The Kier molecular flexibility index (Phi) is 1.37. The normalized spacial score (nSPS) is 64.5. The molecule has 4 bridgehead atoms. The number of hydrogen-bond donors (Lipinski definition) is 1. The van der Waals surface area contributed by atoms with Crippen LogP contribution in [0.2, 0.25) is 0 Å². The first-order valence-corrected chi connectivity index (χ1v) is 6.07. The summed E-state index contributed by atoms with van der Waals surface area (Å²) in [6.45, 7) is 1.00. The first kappa shape index (κ1) is 8.12. The van der Waals surface area contributed by atoms with Crippen LogP contribution in [0.1, 0.15) is 32.1 Å². The summed E-state index contributed by atoms with van der Waals surface area (Å²) in [7, 11) is 0. The van der Waals surface area contributed by atoms with Crippen LogP contribution < -0.4 is 0 Å². The fourth-order valence-electron chi connectivity index (χ4n) is 4.91. The van der Waals surface area contributed by atoms with Gasteiger partial charge in [0.15, 0.2) is 0 Å². The Morgan fingerprint density at radius 1 is 1.07 bits per heavy atom. The molecule has 3 unspecified atom stereocenters. The second kappa shape index (κ2) is 2.35. The third-order valence-corrected chi connectivity index (χ3v) is 5.10. The van der Waals surface area contributed by atoms with Crippen LogP contribution in [0.5, 0.6) is 0 Å². The monoisotopic (exact) mass is 194 g/mol. The van der Waals surface area contributed by atoms with Crippen molar-refractivity contribution >= 4 is 0 Å². The van der Waals surface area contributed by atoms with E-state index in [1.165, 1.54) is 12.8 Å². The Bertz CT molecular complexity index is 255. The van der Waals surface area contributed by atoms with Gasteiger partial charge in [-0.25, -0.2) is 0 Å². The zero-order chi connectivity index (χ0) is 9.34. The maximum absolute atomic E-state index is 10.4. The summed E-state index contributed by atoms with van der Waals surface area (Å²) in [5.74, 6) is 3.23. The van der Waals surface area contributed by atoms with E-state index in [0.717, 1.165) is 49.5 Å². The molecule has 0 radical (unpaired) electrons. The van der Waals surface area contributed by atoms with E-state index in [2.05, 4.69) is 0 Å². The van der Waals surface area contributed by atoms with Crippen LogP contribution in [0.15, 0.2) is 0 Å². The van der Waals surface area contributed by atoms with Crippen molar-refractivity contribution in [2.45, 2.75) is 43.8 Å². The summed E-state index contributed by atoms with van der Waals surface area (Å²) in [5.41, 5.74) is -0.262. The van der Waals surface area contributed by atoms with Gasteiger partial charge < -0.3 is 9.84 Å². The maximum atomic E-state index is 10.4. The van der Waals surface area contributed by atoms with E-state index in [-0.39, 0.29) is 5.60 Å². The van der Waals surface area contributed by atoms with Gasteiger partial charge in [0.2, 0.25) is 0 Å². The Morgan fingerprint density at radius 2 is 1.71 bits per heavy atom. The quantitative estimate of drug-likeness (QED) is 0.643. The van der Waals surface area contributed by atoms with Crippen molar-refractivity contribution < 1.29 is 9.84 Å². The molecular weight excluding hydrogens is 176 g/mol. The van der Waals surface area contributed by atoms with Crippen molar-refractivity contribution in [3.8, 4) is 0 Å². The third kappa shape index (κ3) is 0.989. The van der Waals surface area contributed by atoms with Crippen LogP contribution in [0, 0.1) is 23.7 Å². The van der Waals surface area contributed by atoms with Gasteiger partial charge in [-0.15, -0.1) is 0 Å². The Morgan fingerprint density at radius 3 is 2.21 bits per heavy atom. The van der Waals surface area contributed by atoms with Crippen molar-refractivity contribution in [2.75, 3.05) is 6.61 Å². The highest BCUT2D eigenvalue weighted by atomic mass is 16.6. The molecule has 1 saturated heterocycles. The van der Waals surface area contributed by atoms with Crippen LogP contribution in [-0.2, 0) is 4.74 Å². The lowest BCUT2D eigenvalue weighted by molar-refractivity contribution is -0.155. The van der Waals surface area contributed by atoms with Gasteiger partial charge in [0.1, 0.15) is 0 Å². The van der Waals surface area contributed by atoms with Crippen molar-refractivity contribution in [1.29, 1.82) is 0 Å². The van der Waals surface area contributed by atoms with E-state index >= 15 is 0 Å². The van der Waals surface area contributed by atoms with Gasteiger partial charge >= 0.3 is 0 Å². The molecule has 0 aromatic rings. The number of epoxide rings is 1. The number of aliphatic hydroxyl groups is 1. The minimum absolute atomic E-state index is 0.262. The van der Waals surface area contributed by atoms with Gasteiger partial charge in [-0.05, 0) is 55.8 Å². The molecule has 0 amide bonds. The van der Waals surface area contributed by atoms with E-state index in [9.17, 15) is 5.11 Å². The highest BCUT2D eigenvalue weighted by Gasteiger charge is 2.58. The minimum Gasteiger partial charge on any atom is -0.390 e. The zero-order valence-corrected chi connectivity index (χ0v) is 8.48. The predicted octanol–water partition coefficient (Wildman–Crippen LogP) is 1.57. The summed E-state index contributed by atoms with van der Waals surface area (Å²) in [6, 6.07) is 0. The number of hydrogen-bond acceptors (Lipinski definition) is 2. The van der Waals surface area contributed by atoms with Crippen LogP contribution in [0.3, 0.4) is 0 Å². The molecule has 78 valence electrons. The fourth-order valence-corrected chi connectivity index (χ4v) is 4.91. The Hall–Kier alpha value is -0.0800. The average Bonchev–Trinajstić information content (AvgIpc) is 2.83. The lowest BCUT2D eigenvalue weighted by Crippen LogP contribution is -2.55. The second-order valence-electron chi connectivity index (χ2n) is 6.14. The topological polar surface area (TPSA) is 32.8 Å². The molecular formula is C12H18O2. The van der Waals surface area contributed by atoms with Crippen LogP contribution in [0.4, 0.5) is 0 Å². The molecule has 5 fully saturated rings. The molecule has 1 N–H and O–H groups in total. The molecule has 14 heavy (non-hydrogen) atoms. The molecule has 5 aliphatic rings. The minimum atomic E-state index is -0.262. The predicted molar refractivity (Wildman–Crippen MR) is 51.7 cm³/mol. The molecule has 1 aliphatic heterocycles. The van der Waals surface area contributed by atoms with Crippen LogP contribution in [-0.4, -0.2) is 23.4 Å². The average molecular weight is 194 g/mol. The largest absolute Gasteiger partial charge is 0.390 e. The van der Waals surface area contributed by atoms with Crippen LogP contribution >= 0.6 is 0 Å². The molecule has 2 nitrogen and oxygen atoms in total. The van der Waals surface area contributed by atoms with Gasteiger partial charge in [-0.1, -0.05) is 0 Å². The van der Waals surface area contributed by atoms with Crippen molar-refractivity contribution in [1.82, 2.24) is 0 Å². The molecule has 2 heteroatoms. The highest BCUT2D eigenvalue weighted by Crippen LogP contribution is 2.60. The third-order valence-electron chi connectivity index (χ3n) is 5.10. The highest BCUT2D eigenvalue weighted by molar-refractivity contribution is 5.08. The molecule has 4 aliphatic carbocycles. The summed E-state index contributed by atoms with van der Waals surface area (Å²) in [6.07, 6.45) is 6.58. The van der Waals surface area contributed by atoms with Gasteiger partial charge in [0, 0.05) is 0 Å². The fraction of sp³-hybridized carbons (Fsp3) is 1.00. The lowest BCUT2D eigenvalue weighted by Gasteiger charge is -2.57. The SMILES string of the molecule is OC12CC3CC(C1)C(C1CO1)C(C3)C2. The van der Waals surface area contributed by atoms with Crippen molar-refractivity contribution in [3.63, 3.8) is 0 Å². The van der Waals surface area contributed by atoms with E-state index in [1.54, 1.807) is 0 Å². The van der Waals surface area contributed by atoms with Gasteiger partial charge in [-0.3, -0.25) is 0 Å². The van der Waals surface area contributed by atoms with E-state index < -0.39 is 0 Å². The lowest BCUT2D eigenvalue weighted by atomic mass is 9.49. The zero-order valence-electron chi connectivity index (χ0n) is 8.48. The summed E-state index contributed by atoms with van der Waals surface area (Å²) >= 11 is 0. The van der Waals surface area contributed by atoms with E-state index in [1.807, 2.05) is 0 Å². The molecule has 1 heterocycles. The van der Waals surface area contributed by atoms with Gasteiger partial charge in [-0.2, -0.15) is 0 Å². The molecule has 5 rings (SSSR count). The molecule has 4 saturated carbocycles. The van der Waals surface area contributed by atoms with Gasteiger partial charge in [0.25, 0.3) is 0 Å². The smallest absolute Gasteiger partial charge is 0.0843 e. The summed E-state index contributed by atoms with van der Waals surface area (Å²) in [4.78, 5) is 0. The standard InChI is InChI=1S/C12H18O2/c13-12-3-7-1-8(4-12)11(10-6-14-10)9(2-7)5-12/h7-11,13H,1-6H2. The Balaban J connectivity index is 1.68. The number of ether oxygens (including phenoxy) is 1. The molecule has 0 spiro atoms. The van der Waals surface area contributed by atoms with Crippen molar-refractivity contribution in [2.24, 2.45) is 23.7 Å². The van der Waals surface area contributed by atoms with E-state index in [0.29, 0.717) is 6.10 Å².